The number of nitrogens with one attached hydrogen (secondary N) is 1. The van der Waals surface area contributed by atoms with E-state index in [2.05, 4.69) is 5.32 Å². The maximum atomic E-state index is 12.6. The molecule has 0 fully saturated rings. The van der Waals surface area contributed by atoms with Crippen LogP contribution in [0.15, 0.2) is 47.1 Å². The third kappa shape index (κ3) is 3.91. The molecule has 1 aromatic carbocycles. The molecular weight excluding hydrogens is 313 g/mol. The van der Waals surface area contributed by atoms with Gasteiger partial charge in [-0.1, -0.05) is 6.07 Å². The first-order valence-corrected chi connectivity index (χ1v) is 6.66. The van der Waals surface area contributed by atoms with Gasteiger partial charge >= 0.3 is 12.1 Å². The summed E-state index contributed by atoms with van der Waals surface area (Å²) >= 11 is 0. The summed E-state index contributed by atoms with van der Waals surface area (Å²) in [5, 5.41) is 2.49. The molecule has 0 unspecified atom stereocenters. The van der Waals surface area contributed by atoms with Gasteiger partial charge in [0.2, 0.25) is 0 Å². The molecule has 1 N–H and O–H groups in total. The SMILES string of the molecule is CCN(C(=O)C(F)(F)F)c1cccc(NC(=O)c2ccco2)c1. The number of alkyl halides is 3. The fourth-order valence-corrected chi connectivity index (χ4v) is 1.95. The second-order valence-corrected chi connectivity index (χ2v) is 4.53. The normalized spacial score (nSPS) is 11.1. The van der Waals surface area contributed by atoms with Crippen LogP contribution in [0.2, 0.25) is 0 Å². The van der Waals surface area contributed by atoms with Crippen molar-refractivity contribution in [2.75, 3.05) is 16.8 Å². The van der Waals surface area contributed by atoms with Gasteiger partial charge in [-0.05, 0) is 37.3 Å². The highest BCUT2D eigenvalue weighted by Gasteiger charge is 2.42. The Labute approximate surface area is 129 Å². The first-order valence-electron chi connectivity index (χ1n) is 6.66. The van der Waals surface area contributed by atoms with E-state index in [4.69, 9.17) is 4.42 Å². The lowest BCUT2D eigenvalue weighted by molar-refractivity contribution is -0.170. The monoisotopic (exact) mass is 326 g/mol. The van der Waals surface area contributed by atoms with E-state index in [1.165, 1.54) is 49.6 Å². The van der Waals surface area contributed by atoms with Crippen molar-refractivity contribution in [2.24, 2.45) is 0 Å². The summed E-state index contributed by atoms with van der Waals surface area (Å²) in [4.78, 5) is 23.9. The van der Waals surface area contributed by atoms with Crippen molar-refractivity contribution < 1.29 is 27.2 Å². The Morgan fingerprint density at radius 3 is 2.52 bits per heavy atom. The Kier molecular flexibility index (Phi) is 4.73. The Morgan fingerprint density at radius 2 is 1.96 bits per heavy atom. The zero-order valence-corrected chi connectivity index (χ0v) is 12.1. The van der Waals surface area contributed by atoms with Crippen LogP contribution in [0.4, 0.5) is 24.5 Å². The van der Waals surface area contributed by atoms with Crippen molar-refractivity contribution in [1.82, 2.24) is 0 Å². The minimum absolute atomic E-state index is 0.0343. The molecule has 2 aromatic rings. The van der Waals surface area contributed by atoms with Gasteiger partial charge in [0.05, 0.1) is 6.26 Å². The number of anilines is 2. The standard InChI is InChI=1S/C15H13F3N2O3/c1-2-20(14(22)15(16,17)18)11-6-3-5-10(9-11)19-13(21)12-7-4-8-23-12/h3-9H,2H2,1H3,(H,19,21). The van der Waals surface area contributed by atoms with Crippen molar-refractivity contribution in [1.29, 1.82) is 0 Å². The van der Waals surface area contributed by atoms with Gasteiger partial charge in [-0.2, -0.15) is 13.2 Å². The first kappa shape index (κ1) is 16.6. The van der Waals surface area contributed by atoms with E-state index in [0.717, 1.165) is 0 Å². The molecule has 0 spiro atoms. The highest BCUT2D eigenvalue weighted by molar-refractivity contribution is 6.03. The molecule has 23 heavy (non-hydrogen) atoms. The molecule has 2 rings (SSSR count). The Balaban J connectivity index is 2.21. The predicted octanol–water partition coefficient (Wildman–Crippen LogP) is 3.45. The highest BCUT2D eigenvalue weighted by atomic mass is 19.4. The quantitative estimate of drug-likeness (QED) is 0.936. The molecule has 0 saturated heterocycles. The Bertz CT molecular complexity index is 696. The third-order valence-corrected chi connectivity index (χ3v) is 2.96. The number of furan rings is 1. The number of rotatable bonds is 4. The van der Waals surface area contributed by atoms with Crippen LogP contribution in [0.5, 0.6) is 0 Å². The van der Waals surface area contributed by atoms with Gasteiger partial charge in [0, 0.05) is 17.9 Å². The Hall–Kier alpha value is -2.77. The van der Waals surface area contributed by atoms with Crippen LogP contribution in [-0.4, -0.2) is 24.5 Å². The van der Waals surface area contributed by atoms with E-state index >= 15 is 0 Å². The molecule has 0 saturated carbocycles. The van der Waals surface area contributed by atoms with Crippen LogP contribution in [0.3, 0.4) is 0 Å². The lowest BCUT2D eigenvalue weighted by Crippen LogP contribution is -2.41. The number of carbonyl (C=O) groups excluding carboxylic acids is 2. The van der Waals surface area contributed by atoms with E-state index in [1.54, 1.807) is 0 Å². The van der Waals surface area contributed by atoms with Gasteiger partial charge in [0.1, 0.15) is 0 Å². The average Bonchev–Trinajstić information content (AvgIpc) is 3.01. The molecule has 0 bridgehead atoms. The molecule has 2 amide bonds. The number of amides is 2. The molecule has 122 valence electrons. The van der Waals surface area contributed by atoms with Crippen molar-refractivity contribution in [3.63, 3.8) is 0 Å². The molecule has 0 aliphatic rings. The molecule has 8 heteroatoms. The van der Waals surface area contributed by atoms with E-state index in [9.17, 15) is 22.8 Å². The lowest BCUT2D eigenvalue weighted by Gasteiger charge is -2.22. The zero-order valence-electron chi connectivity index (χ0n) is 12.1. The summed E-state index contributed by atoms with van der Waals surface area (Å²) in [5.74, 6) is -2.44. The molecule has 0 aliphatic carbocycles. The highest BCUT2D eigenvalue weighted by Crippen LogP contribution is 2.25. The van der Waals surface area contributed by atoms with Crippen LogP contribution in [0, 0.1) is 0 Å². The minimum atomic E-state index is -4.97. The van der Waals surface area contributed by atoms with Gasteiger partial charge in [-0.3, -0.25) is 9.59 Å². The third-order valence-electron chi connectivity index (χ3n) is 2.96. The summed E-state index contributed by atoms with van der Waals surface area (Å²) in [6.07, 6.45) is -3.64. The second-order valence-electron chi connectivity index (χ2n) is 4.53. The van der Waals surface area contributed by atoms with E-state index in [0.29, 0.717) is 4.90 Å². The van der Waals surface area contributed by atoms with Gasteiger partial charge in [0.25, 0.3) is 5.91 Å². The smallest absolute Gasteiger partial charge is 0.459 e. The second kappa shape index (κ2) is 6.55. The number of nitrogens with zero attached hydrogens (tertiary/aromatic N) is 1. The van der Waals surface area contributed by atoms with Gasteiger partial charge in [-0.25, -0.2) is 0 Å². The molecule has 5 nitrogen and oxygen atoms in total. The number of hydrogen-bond donors (Lipinski definition) is 1. The predicted molar refractivity (Wildman–Crippen MR) is 77.2 cm³/mol. The van der Waals surface area contributed by atoms with Gasteiger partial charge < -0.3 is 14.6 Å². The van der Waals surface area contributed by atoms with Crippen LogP contribution in [-0.2, 0) is 4.79 Å². The van der Waals surface area contributed by atoms with Gasteiger partial charge in [0.15, 0.2) is 5.76 Å². The summed E-state index contributed by atoms with van der Waals surface area (Å²) in [7, 11) is 0. The van der Waals surface area contributed by atoms with E-state index < -0.39 is 18.0 Å². The topological polar surface area (TPSA) is 62.6 Å². The number of halogens is 3. The van der Waals surface area contributed by atoms with Crippen LogP contribution in [0.25, 0.3) is 0 Å². The summed E-state index contributed by atoms with van der Waals surface area (Å²) < 4.78 is 42.7. The van der Waals surface area contributed by atoms with E-state index in [1.807, 2.05) is 0 Å². The molecule has 1 aromatic heterocycles. The first-order chi connectivity index (χ1) is 10.8. The molecule has 0 atom stereocenters. The molecule has 0 aliphatic heterocycles. The minimum Gasteiger partial charge on any atom is -0.459 e. The van der Waals surface area contributed by atoms with Crippen LogP contribution >= 0.6 is 0 Å². The lowest BCUT2D eigenvalue weighted by atomic mass is 10.2. The number of carbonyl (C=O) groups is 2. The van der Waals surface area contributed by atoms with Crippen molar-refractivity contribution >= 4 is 23.2 Å². The Morgan fingerprint density at radius 1 is 1.22 bits per heavy atom. The van der Waals surface area contributed by atoms with Crippen LogP contribution in [0.1, 0.15) is 17.5 Å². The van der Waals surface area contributed by atoms with Crippen molar-refractivity contribution in [3.8, 4) is 0 Å². The summed E-state index contributed by atoms with van der Waals surface area (Å²) in [5.41, 5.74) is 0.282. The fraction of sp³-hybridized carbons (Fsp3) is 0.200. The average molecular weight is 326 g/mol. The maximum Gasteiger partial charge on any atom is 0.471 e. The molecule has 0 radical (unpaired) electrons. The van der Waals surface area contributed by atoms with Crippen molar-refractivity contribution in [3.05, 3.63) is 48.4 Å². The summed E-state index contributed by atoms with van der Waals surface area (Å²) in [6.45, 7) is 1.27. The molecule has 1 heterocycles. The zero-order chi connectivity index (χ0) is 17.0. The largest absolute Gasteiger partial charge is 0.471 e. The maximum absolute atomic E-state index is 12.6. The van der Waals surface area contributed by atoms with Crippen LogP contribution < -0.4 is 10.2 Å². The van der Waals surface area contributed by atoms with Crippen molar-refractivity contribution in [2.45, 2.75) is 13.1 Å². The number of hydrogen-bond acceptors (Lipinski definition) is 3. The molecular formula is C15H13F3N2O3. The number of benzene rings is 1. The summed E-state index contributed by atoms with van der Waals surface area (Å²) in [6, 6.07) is 8.57. The van der Waals surface area contributed by atoms with E-state index in [-0.39, 0.29) is 23.7 Å². The fourth-order valence-electron chi connectivity index (χ4n) is 1.95. The van der Waals surface area contributed by atoms with Gasteiger partial charge in [-0.15, -0.1) is 0 Å².